The summed E-state index contributed by atoms with van der Waals surface area (Å²) in [4.78, 5) is 49.2. The van der Waals surface area contributed by atoms with Crippen LogP contribution in [0.5, 0.6) is 0 Å². The molecule has 4 aromatic rings. The second-order valence-corrected chi connectivity index (χ2v) is 8.60. The molecule has 0 bridgehead atoms. The molecule has 2 aromatic carbocycles. The third kappa shape index (κ3) is 5.93. The molecule has 0 unspecified atom stereocenters. The van der Waals surface area contributed by atoms with E-state index in [1.807, 2.05) is 31.2 Å². The quantitative estimate of drug-likeness (QED) is 0.110. The van der Waals surface area contributed by atoms with Gasteiger partial charge in [0.25, 0.3) is 5.91 Å². The van der Waals surface area contributed by atoms with E-state index < -0.39 is 27.9 Å². The summed E-state index contributed by atoms with van der Waals surface area (Å²) in [5.41, 5.74) is 2.30. The molecule has 10 nitrogen and oxygen atoms in total. The molecule has 0 aliphatic rings. The van der Waals surface area contributed by atoms with E-state index in [0.717, 1.165) is 11.1 Å². The van der Waals surface area contributed by atoms with E-state index >= 15 is 0 Å². The zero-order chi connectivity index (χ0) is 27.2. The molecule has 1 N–H and O–H groups in total. The van der Waals surface area contributed by atoms with Crippen LogP contribution in [0.15, 0.2) is 76.1 Å². The van der Waals surface area contributed by atoms with E-state index in [1.54, 1.807) is 16.7 Å². The van der Waals surface area contributed by atoms with Gasteiger partial charge in [0.1, 0.15) is 16.2 Å². The van der Waals surface area contributed by atoms with Gasteiger partial charge in [-0.25, -0.2) is 0 Å². The Kier molecular flexibility index (Phi) is 7.93. The van der Waals surface area contributed by atoms with Crippen molar-refractivity contribution < 1.29 is 23.7 Å². The van der Waals surface area contributed by atoms with Crippen molar-refractivity contribution in [1.82, 2.24) is 9.88 Å². The van der Waals surface area contributed by atoms with Gasteiger partial charge in [-0.3, -0.25) is 24.5 Å². The molecular formula is C28H25N3O7. The molecular weight excluding hydrogens is 490 g/mol. The largest absolute Gasteiger partial charge is 0.433 e. The number of ketones is 1. The van der Waals surface area contributed by atoms with Crippen molar-refractivity contribution in [2.75, 3.05) is 20.3 Å². The van der Waals surface area contributed by atoms with Gasteiger partial charge in [0.05, 0.1) is 18.2 Å². The topological polar surface area (TPSA) is 134 Å². The standard InChI is InChI=1S/C28H25N3O7/c1-18-3-5-19(6-4-18)16-30-17-23(28(34)29-13-14-37-2)27(33)22-15-20(7-10-24(22)30)25(32)11-8-21-9-12-26(38-21)31(35)36/h3-12,15,17H,13-14,16H2,1-2H3,(H,29,34)/b11-8+. The van der Waals surface area contributed by atoms with Gasteiger partial charge in [-0.05, 0) is 48.9 Å². The third-order valence-electron chi connectivity index (χ3n) is 5.87. The fraction of sp³-hybridized carbons (Fsp3) is 0.179. The molecule has 2 aromatic heterocycles. The van der Waals surface area contributed by atoms with Gasteiger partial charge in [0.2, 0.25) is 5.43 Å². The lowest BCUT2D eigenvalue weighted by molar-refractivity contribution is -0.402. The predicted molar refractivity (Wildman–Crippen MR) is 141 cm³/mol. The van der Waals surface area contributed by atoms with Crippen LogP contribution in [0.1, 0.15) is 37.6 Å². The van der Waals surface area contributed by atoms with Crippen molar-refractivity contribution in [1.29, 1.82) is 0 Å². The number of hydrogen-bond acceptors (Lipinski definition) is 7. The number of nitrogens with one attached hydrogen (secondary N) is 1. The highest BCUT2D eigenvalue weighted by Crippen LogP contribution is 2.19. The number of fused-ring (bicyclic) bond motifs is 1. The summed E-state index contributed by atoms with van der Waals surface area (Å²) in [6.07, 6.45) is 4.04. The number of amides is 1. The predicted octanol–water partition coefficient (Wildman–Crippen LogP) is 4.13. The summed E-state index contributed by atoms with van der Waals surface area (Å²) in [5, 5.41) is 13.7. The lowest BCUT2D eigenvalue weighted by Crippen LogP contribution is -2.32. The van der Waals surface area contributed by atoms with Crippen LogP contribution in [0.2, 0.25) is 0 Å². The maximum Gasteiger partial charge on any atom is 0.433 e. The van der Waals surface area contributed by atoms with Gasteiger partial charge in [0, 0.05) is 37.3 Å². The van der Waals surface area contributed by atoms with Crippen molar-refractivity contribution in [2.24, 2.45) is 0 Å². The fourth-order valence-electron chi connectivity index (χ4n) is 3.88. The molecule has 0 saturated heterocycles. The number of allylic oxidation sites excluding steroid dienone is 1. The third-order valence-corrected chi connectivity index (χ3v) is 5.87. The number of hydrogen-bond donors (Lipinski definition) is 1. The average molecular weight is 516 g/mol. The first-order valence-electron chi connectivity index (χ1n) is 11.7. The van der Waals surface area contributed by atoms with Crippen LogP contribution in [0, 0.1) is 17.0 Å². The Hall–Kier alpha value is -4.83. The van der Waals surface area contributed by atoms with E-state index in [9.17, 15) is 24.5 Å². The molecule has 0 fully saturated rings. The summed E-state index contributed by atoms with van der Waals surface area (Å²) in [7, 11) is 1.51. The number of furan rings is 1. The highest BCUT2D eigenvalue weighted by atomic mass is 16.6. The average Bonchev–Trinajstić information content (AvgIpc) is 3.39. The van der Waals surface area contributed by atoms with Crippen LogP contribution in [-0.4, -0.2) is 41.4 Å². The molecule has 0 aliphatic heterocycles. The second-order valence-electron chi connectivity index (χ2n) is 8.60. The first-order valence-corrected chi connectivity index (χ1v) is 11.7. The Morgan fingerprint density at radius 3 is 2.58 bits per heavy atom. The molecule has 0 saturated carbocycles. The number of carbonyl (C=O) groups excluding carboxylic acids is 2. The van der Waals surface area contributed by atoms with Crippen LogP contribution in [0.25, 0.3) is 17.0 Å². The van der Waals surface area contributed by atoms with Crippen molar-refractivity contribution in [3.8, 4) is 0 Å². The Bertz CT molecular complexity index is 1600. The van der Waals surface area contributed by atoms with E-state index in [-0.39, 0.29) is 28.8 Å². The van der Waals surface area contributed by atoms with E-state index in [0.29, 0.717) is 18.7 Å². The van der Waals surface area contributed by atoms with Crippen LogP contribution in [-0.2, 0) is 11.3 Å². The minimum absolute atomic E-state index is 0.0521. The Labute approximate surface area is 217 Å². The van der Waals surface area contributed by atoms with E-state index in [2.05, 4.69) is 5.32 Å². The van der Waals surface area contributed by atoms with Gasteiger partial charge < -0.3 is 19.0 Å². The van der Waals surface area contributed by atoms with Crippen LogP contribution < -0.4 is 10.7 Å². The van der Waals surface area contributed by atoms with Crippen LogP contribution >= 0.6 is 0 Å². The van der Waals surface area contributed by atoms with Gasteiger partial charge in [-0.2, -0.15) is 0 Å². The Morgan fingerprint density at radius 2 is 1.89 bits per heavy atom. The fourth-order valence-corrected chi connectivity index (χ4v) is 3.88. The lowest BCUT2D eigenvalue weighted by Gasteiger charge is -2.15. The summed E-state index contributed by atoms with van der Waals surface area (Å²) in [6.45, 7) is 2.92. The van der Waals surface area contributed by atoms with Crippen molar-refractivity contribution in [3.63, 3.8) is 0 Å². The normalized spacial score (nSPS) is 11.2. The number of pyridine rings is 1. The first kappa shape index (κ1) is 26.2. The molecule has 1 amide bonds. The van der Waals surface area contributed by atoms with Crippen molar-refractivity contribution >= 4 is 34.6 Å². The lowest BCUT2D eigenvalue weighted by atomic mass is 10.0. The Morgan fingerprint density at radius 1 is 1.13 bits per heavy atom. The summed E-state index contributed by atoms with van der Waals surface area (Å²) >= 11 is 0. The molecule has 194 valence electrons. The number of nitro groups is 1. The summed E-state index contributed by atoms with van der Waals surface area (Å²) in [5.74, 6) is -1.28. The van der Waals surface area contributed by atoms with Crippen LogP contribution in [0.3, 0.4) is 0 Å². The van der Waals surface area contributed by atoms with E-state index in [4.69, 9.17) is 9.15 Å². The van der Waals surface area contributed by atoms with Gasteiger partial charge in [-0.1, -0.05) is 29.8 Å². The molecule has 0 radical (unpaired) electrons. The van der Waals surface area contributed by atoms with Gasteiger partial charge in [0.15, 0.2) is 5.78 Å². The minimum Gasteiger partial charge on any atom is -0.401 e. The number of aromatic nitrogens is 1. The number of rotatable bonds is 10. The number of nitrogens with zero attached hydrogens (tertiary/aromatic N) is 2. The SMILES string of the molecule is COCCNC(=O)c1cn(Cc2ccc(C)cc2)c2ccc(C(=O)/C=C/c3ccc([N+](=O)[O-])o3)cc2c1=O. The molecule has 0 spiro atoms. The summed E-state index contributed by atoms with van der Waals surface area (Å²) in [6, 6.07) is 15.2. The second kappa shape index (κ2) is 11.5. The number of aryl methyl sites for hydroxylation is 1. The first-order chi connectivity index (χ1) is 18.3. The highest BCUT2D eigenvalue weighted by Gasteiger charge is 2.17. The number of carbonyl (C=O) groups is 2. The highest BCUT2D eigenvalue weighted by molar-refractivity contribution is 6.08. The minimum atomic E-state index is -0.673. The van der Waals surface area contributed by atoms with Crippen molar-refractivity contribution in [2.45, 2.75) is 13.5 Å². The monoisotopic (exact) mass is 515 g/mol. The Balaban J connectivity index is 1.73. The maximum atomic E-state index is 13.4. The zero-order valence-corrected chi connectivity index (χ0v) is 20.8. The number of methoxy groups -OCH3 is 1. The van der Waals surface area contributed by atoms with E-state index in [1.165, 1.54) is 43.7 Å². The molecule has 4 rings (SSSR count). The number of ether oxygens (including phenoxy) is 1. The molecule has 10 heteroatoms. The smallest absolute Gasteiger partial charge is 0.401 e. The number of benzene rings is 2. The zero-order valence-electron chi connectivity index (χ0n) is 20.8. The molecule has 0 atom stereocenters. The molecule has 2 heterocycles. The molecule has 0 aliphatic carbocycles. The summed E-state index contributed by atoms with van der Waals surface area (Å²) < 4.78 is 11.8. The molecule has 38 heavy (non-hydrogen) atoms. The van der Waals surface area contributed by atoms with Crippen LogP contribution in [0.4, 0.5) is 5.88 Å². The maximum absolute atomic E-state index is 13.4. The van der Waals surface area contributed by atoms with Crippen molar-refractivity contribution in [3.05, 3.63) is 115 Å². The van der Waals surface area contributed by atoms with Gasteiger partial charge >= 0.3 is 5.88 Å². The van der Waals surface area contributed by atoms with Gasteiger partial charge in [-0.15, -0.1) is 0 Å².